The second-order valence-corrected chi connectivity index (χ2v) is 10.1. The van der Waals surface area contributed by atoms with E-state index in [1.54, 1.807) is 30.4 Å². The molecule has 0 aliphatic carbocycles. The molecule has 0 aromatic carbocycles. The molecule has 38 heavy (non-hydrogen) atoms. The summed E-state index contributed by atoms with van der Waals surface area (Å²) in [5.74, 6) is -1.35. The van der Waals surface area contributed by atoms with E-state index in [1.165, 1.54) is 17.2 Å². The van der Waals surface area contributed by atoms with Crippen LogP contribution in [0.25, 0.3) is 0 Å². The molecule has 206 valence electrons. The normalized spacial score (nSPS) is 29.6. The average molecular weight is 527 g/mol. The number of nitrogens with one attached hydrogen (secondary N) is 1. The van der Waals surface area contributed by atoms with E-state index in [0.717, 1.165) is 5.57 Å². The van der Waals surface area contributed by atoms with Crippen molar-refractivity contribution in [3.63, 3.8) is 0 Å². The number of oxazole rings is 1. The topological polar surface area (TPSA) is 148 Å². The highest BCUT2D eigenvalue weighted by molar-refractivity contribution is 6.00. The van der Waals surface area contributed by atoms with Crippen LogP contribution in [0, 0.1) is 11.8 Å². The number of cyclic esters (lactones) is 1. The second-order valence-electron chi connectivity index (χ2n) is 10.1. The number of carbonyl (C=O) groups is 3. The third-order valence-electron chi connectivity index (χ3n) is 6.39. The predicted octanol–water partition coefficient (Wildman–Crippen LogP) is 2.42. The Labute approximate surface area is 223 Å². The van der Waals surface area contributed by atoms with Crippen molar-refractivity contribution in [2.45, 2.75) is 65.2 Å². The summed E-state index contributed by atoms with van der Waals surface area (Å²) >= 11 is 0. The smallest absolute Gasteiger partial charge is 0.355 e. The number of rotatable bonds is 1. The van der Waals surface area contributed by atoms with Gasteiger partial charge in [-0.1, -0.05) is 56.7 Å². The first-order chi connectivity index (χ1) is 18.0. The van der Waals surface area contributed by atoms with E-state index in [1.807, 2.05) is 27.7 Å². The Morgan fingerprint density at radius 3 is 2.74 bits per heavy atom. The van der Waals surface area contributed by atoms with Crippen molar-refractivity contribution in [2.24, 2.45) is 17.6 Å². The van der Waals surface area contributed by atoms with Gasteiger partial charge in [-0.05, 0) is 31.8 Å². The molecule has 3 rings (SSSR count). The van der Waals surface area contributed by atoms with Gasteiger partial charge in [-0.25, -0.2) is 9.78 Å². The molecule has 4 N–H and O–H groups in total. The van der Waals surface area contributed by atoms with Crippen LogP contribution in [0.5, 0.6) is 0 Å². The fraction of sp³-hybridized carbons (Fsp3) is 0.500. The molecule has 0 unspecified atom stereocenters. The lowest BCUT2D eigenvalue weighted by molar-refractivity contribution is -0.149. The van der Waals surface area contributed by atoms with Crippen molar-refractivity contribution in [3.8, 4) is 0 Å². The van der Waals surface area contributed by atoms with Crippen molar-refractivity contribution in [1.82, 2.24) is 15.2 Å². The summed E-state index contributed by atoms with van der Waals surface area (Å²) in [4.78, 5) is 44.2. The third-order valence-corrected chi connectivity index (χ3v) is 6.39. The minimum atomic E-state index is -0.788. The molecule has 2 amide bonds. The Hall–Kier alpha value is -3.50. The van der Waals surface area contributed by atoms with E-state index in [4.69, 9.17) is 14.9 Å². The first-order valence-corrected chi connectivity index (χ1v) is 13.0. The molecule has 1 aromatic heterocycles. The Balaban J connectivity index is 1.86. The van der Waals surface area contributed by atoms with Gasteiger partial charge in [0.1, 0.15) is 18.1 Å². The van der Waals surface area contributed by atoms with Crippen LogP contribution in [0.4, 0.5) is 0 Å². The van der Waals surface area contributed by atoms with Gasteiger partial charge in [0.05, 0.1) is 6.10 Å². The van der Waals surface area contributed by atoms with Gasteiger partial charge in [-0.3, -0.25) is 9.59 Å². The van der Waals surface area contributed by atoms with Crippen molar-refractivity contribution in [2.75, 3.05) is 13.1 Å². The maximum absolute atomic E-state index is 13.2. The number of fused-ring (bicyclic) bond motifs is 3. The molecule has 0 fully saturated rings. The third kappa shape index (κ3) is 8.00. The summed E-state index contributed by atoms with van der Waals surface area (Å²) < 4.78 is 11.3. The van der Waals surface area contributed by atoms with E-state index in [-0.39, 0.29) is 47.9 Å². The van der Waals surface area contributed by atoms with Gasteiger partial charge in [-0.2, -0.15) is 0 Å². The molecule has 0 saturated carbocycles. The maximum Gasteiger partial charge on any atom is 0.355 e. The number of carbonyl (C=O) groups excluding carboxylic acids is 3. The number of aromatic nitrogens is 1. The number of nitrogens with zero attached hydrogens (tertiary/aromatic N) is 2. The summed E-state index contributed by atoms with van der Waals surface area (Å²) in [5.41, 5.74) is 7.23. The van der Waals surface area contributed by atoms with Crippen molar-refractivity contribution >= 4 is 17.8 Å². The fourth-order valence-corrected chi connectivity index (χ4v) is 4.50. The van der Waals surface area contributed by atoms with Gasteiger partial charge < -0.3 is 30.2 Å². The first-order valence-electron chi connectivity index (χ1n) is 13.0. The summed E-state index contributed by atoms with van der Waals surface area (Å²) in [7, 11) is 0. The van der Waals surface area contributed by atoms with Gasteiger partial charge in [0.15, 0.2) is 11.6 Å². The Bertz CT molecular complexity index is 1130. The van der Waals surface area contributed by atoms with Gasteiger partial charge in [0, 0.05) is 31.5 Å². The van der Waals surface area contributed by atoms with Gasteiger partial charge in [0.2, 0.25) is 5.91 Å². The van der Waals surface area contributed by atoms with E-state index < -0.39 is 30.1 Å². The van der Waals surface area contributed by atoms with Gasteiger partial charge in [-0.15, -0.1) is 0 Å². The zero-order chi connectivity index (χ0) is 27.8. The first kappa shape index (κ1) is 29.1. The number of esters is 1. The fourth-order valence-electron chi connectivity index (χ4n) is 4.50. The highest BCUT2D eigenvalue weighted by Gasteiger charge is 2.33. The van der Waals surface area contributed by atoms with Crippen LogP contribution >= 0.6 is 0 Å². The van der Waals surface area contributed by atoms with Crippen LogP contribution in [0.2, 0.25) is 0 Å². The molecule has 10 heteroatoms. The van der Waals surface area contributed by atoms with Crippen molar-refractivity contribution in [1.29, 1.82) is 0 Å². The van der Waals surface area contributed by atoms with E-state index in [0.29, 0.717) is 19.5 Å². The molecule has 0 radical (unpaired) electrons. The summed E-state index contributed by atoms with van der Waals surface area (Å²) in [5, 5.41) is 13.2. The Morgan fingerprint density at radius 1 is 1.24 bits per heavy atom. The molecular formula is C28H38N4O6. The molecule has 0 spiro atoms. The van der Waals surface area contributed by atoms with E-state index in [9.17, 15) is 19.5 Å². The number of nitrogens with two attached hydrogens (primary N) is 1. The van der Waals surface area contributed by atoms with Crippen LogP contribution in [-0.4, -0.2) is 64.1 Å². The molecule has 10 nitrogen and oxygen atoms in total. The van der Waals surface area contributed by atoms with Crippen molar-refractivity contribution < 1.29 is 28.6 Å². The molecule has 4 atom stereocenters. The predicted molar refractivity (Wildman–Crippen MR) is 141 cm³/mol. The van der Waals surface area contributed by atoms with Crippen LogP contribution in [0.3, 0.4) is 0 Å². The molecule has 2 aliphatic rings. The average Bonchev–Trinajstić information content (AvgIpc) is 3.52. The van der Waals surface area contributed by atoms with Crippen LogP contribution < -0.4 is 11.1 Å². The summed E-state index contributed by atoms with van der Waals surface area (Å²) in [6.45, 7) is 8.21. The standard InChI is InChI=1S/C28H38N4O6/c1-17(2)26-19(4)9-10-24(34)30-11-5-7-18(3)13-21(33)14-20(29)15-25-31-22(16-37-25)27(35)32-12-6-8-23(32)28(36)38-26/h5,7-10,13,16-17,19-21,26,33H,6,11-12,14-15,29H2,1-4H3,(H,30,34)/b7-5+,10-9+,18-13+/t19-,20-,21-,26-/m1/s1. The number of amides is 2. The highest BCUT2D eigenvalue weighted by Crippen LogP contribution is 2.24. The number of aliphatic hydroxyl groups is 1. The summed E-state index contributed by atoms with van der Waals surface area (Å²) in [6.07, 6.45) is 11.0. The van der Waals surface area contributed by atoms with E-state index >= 15 is 0 Å². The van der Waals surface area contributed by atoms with Crippen LogP contribution in [0.15, 0.2) is 58.4 Å². The number of hydrogen-bond donors (Lipinski definition) is 3. The molecule has 2 bridgehead atoms. The van der Waals surface area contributed by atoms with Gasteiger partial charge >= 0.3 is 5.97 Å². The molecule has 1 aromatic rings. The van der Waals surface area contributed by atoms with Crippen LogP contribution in [-0.2, 0) is 20.7 Å². The minimum absolute atomic E-state index is 0.0300. The lowest BCUT2D eigenvalue weighted by atomic mass is 9.94. The molecule has 2 aliphatic heterocycles. The lowest BCUT2D eigenvalue weighted by Crippen LogP contribution is -2.36. The summed E-state index contributed by atoms with van der Waals surface area (Å²) in [6, 6.07) is -0.459. The molecule has 0 saturated heterocycles. The SMILES string of the molecule is CC1=C\[C@@H](O)C[C@@H](N)Cc2nc(co2)C(=O)N2CCC=C2C(=O)O[C@H](C(C)C)[C@H](C)/C=C/C(=O)NC\C=C\1. The van der Waals surface area contributed by atoms with E-state index in [2.05, 4.69) is 10.3 Å². The zero-order valence-corrected chi connectivity index (χ0v) is 22.4. The quantitative estimate of drug-likeness (QED) is 0.473. The Morgan fingerprint density at radius 2 is 2.00 bits per heavy atom. The number of allylic oxidation sites excluding steroid dienone is 2. The number of ether oxygens (including phenoxy) is 1. The minimum Gasteiger partial charge on any atom is -0.457 e. The Kier molecular flexibility index (Phi) is 10.2. The number of aliphatic hydroxyl groups excluding tert-OH is 1. The van der Waals surface area contributed by atoms with Crippen LogP contribution in [0.1, 0.15) is 56.9 Å². The second kappa shape index (κ2) is 13.3. The van der Waals surface area contributed by atoms with Gasteiger partial charge in [0.25, 0.3) is 5.91 Å². The number of hydrogen-bond acceptors (Lipinski definition) is 8. The maximum atomic E-state index is 13.2. The highest BCUT2D eigenvalue weighted by atomic mass is 16.5. The largest absolute Gasteiger partial charge is 0.457 e. The molecular weight excluding hydrogens is 488 g/mol. The lowest BCUT2D eigenvalue weighted by Gasteiger charge is -2.27. The van der Waals surface area contributed by atoms with Crippen molar-refractivity contribution in [3.05, 3.63) is 65.6 Å². The monoisotopic (exact) mass is 526 g/mol. The zero-order valence-electron chi connectivity index (χ0n) is 22.4. The molecule has 3 heterocycles.